The van der Waals surface area contributed by atoms with E-state index in [1.54, 1.807) is 49.6 Å². The molecule has 0 heterocycles. The van der Waals surface area contributed by atoms with E-state index in [0.717, 1.165) is 21.9 Å². The number of phenols is 1. The Morgan fingerprint density at radius 1 is 1.05 bits per heavy atom. The molecule has 0 radical (unpaired) electrons. The maximum absolute atomic E-state index is 12.7. The molecule has 0 atom stereocenters. The molecule has 0 bridgehead atoms. The average molecular weight is 535 g/mol. The van der Waals surface area contributed by atoms with Crippen LogP contribution < -0.4 is 14.9 Å². The number of carbonyl (C=O) groups is 1. The molecule has 1 amide bonds. The number of carbonyl (C=O) groups excluding carboxylic acids is 1. The number of rotatable bonds is 9. The zero-order valence-corrected chi connectivity index (χ0v) is 21.5. The molecule has 2 N–H and O–H groups in total. The first-order valence-electron chi connectivity index (χ1n) is 11.3. The van der Waals surface area contributed by atoms with Crippen molar-refractivity contribution in [3.05, 3.63) is 112 Å². The molecule has 0 aromatic heterocycles. The highest BCUT2D eigenvalue weighted by atomic mass is 35.5. The molecular weight excluding hydrogens is 511 g/mol. The van der Waals surface area contributed by atoms with E-state index in [1.807, 2.05) is 30.3 Å². The highest BCUT2D eigenvalue weighted by Gasteiger charge is 2.15. The molecule has 0 saturated heterocycles. The Labute approximate surface area is 224 Å². The van der Waals surface area contributed by atoms with Crippen LogP contribution in [0.2, 0.25) is 10.0 Å². The van der Waals surface area contributed by atoms with Crippen LogP contribution in [0.1, 0.15) is 27.0 Å². The zero-order chi connectivity index (χ0) is 26.4. The first kappa shape index (κ1) is 26.1. The number of amides is 1. The van der Waals surface area contributed by atoms with Crippen molar-refractivity contribution in [2.75, 3.05) is 7.11 Å². The van der Waals surface area contributed by atoms with Crippen molar-refractivity contribution in [2.45, 2.75) is 13.0 Å². The number of fused-ring (bicyclic) bond motifs is 1. The quantitative estimate of drug-likeness (QED) is 0.138. The highest BCUT2D eigenvalue weighted by Crippen LogP contribution is 2.34. The predicted molar refractivity (Wildman–Crippen MR) is 148 cm³/mol. The highest BCUT2D eigenvalue weighted by molar-refractivity contribution is 6.35. The van der Waals surface area contributed by atoms with Gasteiger partial charge >= 0.3 is 0 Å². The van der Waals surface area contributed by atoms with Crippen molar-refractivity contribution < 1.29 is 19.4 Å². The van der Waals surface area contributed by atoms with Crippen molar-refractivity contribution in [1.82, 2.24) is 5.43 Å². The third-order valence-corrected chi connectivity index (χ3v) is 6.20. The van der Waals surface area contributed by atoms with Crippen LogP contribution in [0.5, 0.6) is 17.2 Å². The van der Waals surface area contributed by atoms with E-state index in [2.05, 4.69) is 17.1 Å². The van der Waals surface area contributed by atoms with E-state index in [1.165, 1.54) is 6.21 Å². The molecule has 0 unspecified atom stereocenters. The number of hydrogen-bond donors (Lipinski definition) is 2. The summed E-state index contributed by atoms with van der Waals surface area (Å²) < 4.78 is 11.6. The smallest absolute Gasteiger partial charge is 0.275 e. The maximum Gasteiger partial charge on any atom is 0.275 e. The average Bonchev–Trinajstić information content (AvgIpc) is 2.88. The van der Waals surface area contributed by atoms with Gasteiger partial charge in [0.15, 0.2) is 11.5 Å². The Hall–Kier alpha value is -4.00. The molecule has 0 aliphatic heterocycles. The van der Waals surface area contributed by atoms with Crippen LogP contribution in [0.3, 0.4) is 0 Å². The predicted octanol–water partition coefficient (Wildman–Crippen LogP) is 6.93. The van der Waals surface area contributed by atoms with Gasteiger partial charge in [0.25, 0.3) is 5.91 Å². The number of phenolic OH excluding ortho intramolecular Hbond substituents is 1. The fraction of sp³-hybridized carbons (Fsp3) is 0.103. The van der Waals surface area contributed by atoms with Gasteiger partial charge in [-0.1, -0.05) is 59.6 Å². The van der Waals surface area contributed by atoms with Gasteiger partial charge in [-0.2, -0.15) is 5.10 Å². The molecule has 0 fully saturated rings. The second kappa shape index (κ2) is 11.8. The first-order valence-corrected chi connectivity index (χ1v) is 12.1. The fourth-order valence-electron chi connectivity index (χ4n) is 3.81. The van der Waals surface area contributed by atoms with Crippen LogP contribution in [0.4, 0.5) is 0 Å². The lowest BCUT2D eigenvalue weighted by atomic mass is 10.1. The Morgan fingerprint density at radius 3 is 2.51 bits per heavy atom. The summed E-state index contributed by atoms with van der Waals surface area (Å²) in [5.74, 6) is 0.390. The van der Waals surface area contributed by atoms with Gasteiger partial charge in [-0.15, -0.1) is 6.58 Å². The van der Waals surface area contributed by atoms with Crippen LogP contribution >= 0.6 is 23.2 Å². The van der Waals surface area contributed by atoms with E-state index in [9.17, 15) is 9.90 Å². The summed E-state index contributed by atoms with van der Waals surface area (Å²) >= 11 is 12.3. The van der Waals surface area contributed by atoms with Crippen LogP contribution in [-0.2, 0) is 13.0 Å². The summed E-state index contributed by atoms with van der Waals surface area (Å²) in [6, 6.07) is 19.5. The lowest BCUT2D eigenvalue weighted by Gasteiger charge is -2.16. The normalized spacial score (nSPS) is 11.0. The number of hydrazone groups is 1. The van der Waals surface area contributed by atoms with Crippen molar-refractivity contribution in [3.63, 3.8) is 0 Å². The van der Waals surface area contributed by atoms with Crippen molar-refractivity contribution in [2.24, 2.45) is 5.10 Å². The van der Waals surface area contributed by atoms with Crippen LogP contribution in [-0.4, -0.2) is 24.3 Å². The van der Waals surface area contributed by atoms with Gasteiger partial charge in [-0.3, -0.25) is 4.79 Å². The summed E-state index contributed by atoms with van der Waals surface area (Å²) in [7, 11) is 1.54. The van der Waals surface area contributed by atoms with Crippen LogP contribution in [0.25, 0.3) is 10.8 Å². The molecule has 0 aliphatic carbocycles. The van der Waals surface area contributed by atoms with Crippen molar-refractivity contribution in [1.29, 1.82) is 0 Å². The topological polar surface area (TPSA) is 80.2 Å². The SMILES string of the molecule is C=CCc1cc(C=NNC(=O)c2cc3ccccc3cc2O)cc(OC)c1OCc1ccc(Cl)cc1Cl. The summed E-state index contributed by atoms with van der Waals surface area (Å²) in [5, 5.41) is 17.1. The lowest BCUT2D eigenvalue weighted by molar-refractivity contribution is 0.0952. The van der Waals surface area contributed by atoms with Gasteiger partial charge in [0.2, 0.25) is 0 Å². The maximum atomic E-state index is 12.7. The van der Waals surface area contributed by atoms with Gasteiger partial charge in [-0.25, -0.2) is 5.43 Å². The number of ether oxygens (including phenoxy) is 2. The number of methoxy groups -OCH3 is 1. The second-order valence-electron chi connectivity index (χ2n) is 8.14. The molecule has 6 nitrogen and oxygen atoms in total. The number of halogens is 2. The number of hydrogen-bond acceptors (Lipinski definition) is 5. The lowest BCUT2D eigenvalue weighted by Crippen LogP contribution is -2.17. The van der Waals surface area contributed by atoms with E-state index in [0.29, 0.717) is 33.5 Å². The van der Waals surface area contributed by atoms with E-state index < -0.39 is 5.91 Å². The van der Waals surface area contributed by atoms with Crippen molar-refractivity contribution in [3.8, 4) is 17.2 Å². The summed E-state index contributed by atoms with van der Waals surface area (Å²) in [6.07, 6.45) is 3.76. The van der Waals surface area contributed by atoms with Gasteiger partial charge in [-0.05, 0) is 59.2 Å². The van der Waals surface area contributed by atoms with Gasteiger partial charge in [0.1, 0.15) is 12.4 Å². The molecule has 4 rings (SSSR count). The Morgan fingerprint density at radius 2 is 1.81 bits per heavy atom. The molecule has 4 aromatic rings. The Balaban J connectivity index is 1.53. The molecule has 188 valence electrons. The number of nitrogens with zero attached hydrogens (tertiary/aromatic N) is 1. The van der Waals surface area contributed by atoms with E-state index >= 15 is 0 Å². The van der Waals surface area contributed by atoms with Crippen molar-refractivity contribution >= 4 is 46.1 Å². The molecule has 4 aromatic carbocycles. The second-order valence-corrected chi connectivity index (χ2v) is 8.99. The summed E-state index contributed by atoms with van der Waals surface area (Å²) in [4.78, 5) is 12.7. The van der Waals surface area contributed by atoms with Crippen LogP contribution in [0.15, 0.2) is 84.5 Å². The van der Waals surface area contributed by atoms with Gasteiger partial charge < -0.3 is 14.6 Å². The molecule has 0 saturated carbocycles. The van der Waals surface area contributed by atoms with Crippen LogP contribution in [0, 0.1) is 0 Å². The third kappa shape index (κ3) is 6.23. The molecule has 0 spiro atoms. The number of nitrogens with one attached hydrogen (secondary N) is 1. The first-order chi connectivity index (χ1) is 17.9. The Bertz CT molecular complexity index is 1500. The van der Waals surface area contributed by atoms with Gasteiger partial charge in [0.05, 0.1) is 18.9 Å². The fourth-order valence-corrected chi connectivity index (χ4v) is 4.27. The van der Waals surface area contributed by atoms with E-state index in [-0.39, 0.29) is 17.9 Å². The largest absolute Gasteiger partial charge is 0.507 e. The minimum Gasteiger partial charge on any atom is -0.507 e. The number of allylic oxidation sites excluding steroid dienone is 1. The zero-order valence-electron chi connectivity index (χ0n) is 20.0. The third-order valence-electron chi connectivity index (χ3n) is 5.61. The standard InChI is InChI=1S/C29H24Cl2N2O4/c1-3-6-21-11-18(12-27(36-2)28(21)37-17-22-9-10-23(30)15-25(22)31)16-32-33-29(35)24-13-19-7-4-5-8-20(19)14-26(24)34/h3-5,7-16,34H,1,6,17H2,2H3,(H,33,35). The summed E-state index contributed by atoms with van der Waals surface area (Å²) in [6.45, 7) is 4.04. The number of benzene rings is 4. The Kier molecular flexibility index (Phi) is 8.33. The van der Waals surface area contributed by atoms with E-state index in [4.69, 9.17) is 32.7 Å². The monoisotopic (exact) mass is 534 g/mol. The molecule has 0 aliphatic rings. The molecular formula is C29H24Cl2N2O4. The minimum atomic E-state index is -0.530. The molecule has 8 heteroatoms. The minimum absolute atomic E-state index is 0.122. The summed E-state index contributed by atoms with van der Waals surface area (Å²) in [5.41, 5.74) is 4.87. The molecule has 37 heavy (non-hydrogen) atoms. The number of aromatic hydroxyl groups is 1. The van der Waals surface area contributed by atoms with Gasteiger partial charge in [0, 0.05) is 21.2 Å².